The molecule has 2 aromatic rings. The molecule has 10 heteroatoms. The summed E-state index contributed by atoms with van der Waals surface area (Å²) in [5.74, 6) is -5.47. The zero-order valence-corrected chi connectivity index (χ0v) is 13.6. The molecule has 0 aromatic heterocycles. The van der Waals surface area contributed by atoms with E-state index in [1.807, 2.05) is 0 Å². The molecule has 0 saturated heterocycles. The number of nitrogens with zero attached hydrogens (tertiary/aromatic N) is 1. The number of aliphatic hydroxyl groups is 2. The highest BCUT2D eigenvalue weighted by molar-refractivity contribution is 7.72. The lowest BCUT2D eigenvalue weighted by molar-refractivity contribution is -0.166. The van der Waals surface area contributed by atoms with Crippen molar-refractivity contribution in [1.82, 2.24) is 0 Å². The molecule has 3 rings (SSSR count). The number of fused-ring (bicyclic) bond motifs is 1. The Morgan fingerprint density at radius 1 is 1.12 bits per heavy atom. The van der Waals surface area contributed by atoms with Crippen LogP contribution in [-0.4, -0.2) is 24.6 Å². The van der Waals surface area contributed by atoms with E-state index >= 15 is 0 Å². The van der Waals surface area contributed by atoms with Gasteiger partial charge >= 0.3 is 5.92 Å². The van der Waals surface area contributed by atoms with Crippen LogP contribution in [0, 0.1) is 17.1 Å². The molecule has 1 aliphatic carbocycles. The summed E-state index contributed by atoms with van der Waals surface area (Å²) in [5.41, 5.74) is -1.38. The van der Waals surface area contributed by atoms with E-state index in [0.717, 1.165) is 30.3 Å². The van der Waals surface area contributed by atoms with Crippen LogP contribution >= 0.6 is 0 Å². The van der Waals surface area contributed by atoms with Crippen molar-refractivity contribution in [2.24, 2.45) is 0 Å². The van der Waals surface area contributed by atoms with Crippen LogP contribution in [0.1, 0.15) is 28.9 Å². The summed E-state index contributed by atoms with van der Waals surface area (Å²) in [6, 6.07) is 6.57. The molecule has 6 nitrogen and oxygen atoms in total. The summed E-state index contributed by atoms with van der Waals surface area (Å²) in [4.78, 5) is -0.581. The lowest BCUT2D eigenvalue weighted by Gasteiger charge is -2.17. The van der Waals surface area contributed by atoms with E-state index in [1.54, 1.807) is 6.07 Å². The van der Waals surface area contributed by atoms with Gasteiger partial charge in [0.15, 0.2) is 10.7 Å². The number of hydrogen-bond acceptors (Lipinski definition) is 6. The number of nitriles is 1. The monoisotopic (exact) mass is 385 g/mol. The topological polar surface area (TPSA) is 108 Å². The predicted octanol–water partition coefficient (Wildman–Crippen LogP) is 2.18. The number of hydrogen-bond donors (Lipinski definition) is 3. The largest absolute Gasteiger partial charge is 0.457 e. The highest BCUT2D eigenvalue weighted by Crippen LogP contribution is 2.55. The van der Waals surface area contributed by atoms with Crippen molar-refractivity contribution in [2.45, 2.75) is 23.0 Å². The van der Waals surface area contributed by atoms with Gasteiger partial charge in [-0.25, -0.2) is 21.6 Å². The molecule has 0 amide bonds. The van der Waals surface area contributed by atoms with Crippen LogP contribution in [0.4, 0.5) is 13.2 Å². The molecule has 2 atom stereocenters. The van der Waals surface area contributed by atoms with Crippen molar-refractivity contribution in [3.05, 3.63) is 52.8 Å². The van der Waals surface area contributed by atoms with Gasteiger partial charge in [-0.15, -0.1) is 0 Å². The van der Waals surface area contributed by atoms with E-state index in [4.69, 9.17) is 10.00 Å². The minimum Gasteiger partial charge on any atom is -0.457 e. The SMILES string of the molecule is N#Cc1cc(F)cc(Oc2ccc([SH](=O)=O)c3c2[C@@H](O)C(F)(F)[C@H]3O)c1. The number of ether oxygens (including phenoxy) is 1. The maximum absolute atomic E-state index is 14.0. The molecule has 0 heterocycles. The smallest absolute Gasteiger partial charge is 0.307 e. The fourth-order valence-corrected chi connectivity index (χ4v) is 3.41. The molecule has 0 saturated carbocycles. The van der Waals surface area contributed by atoms with Crippen LogP contribution in [0.3, 0.4) is 0 Å². The second kappa shape index (κ2) is 6.28. The number of benzene rings is 2. The molecule has 2 N–H and O–H groups in total. The first-order valence-corrected chi connectivity index (χ1v) is 8.28. The van der Waals surface area contributed by atoms with Gasteiger partial charge in [0.2, 0.25) is 0 Å². The first-order valence-electron chi connectivity index (χ1n) is 7.10. The van der Waals surface area contributed by atoms with Crippen molar-refractivity contribution in [1.29, 1.82) is 5.26 Å². The standard InChI is InChI=1S/C16H10F3NO5S/c17-8-3-7(6-20)4-9(5-8)25-10-1-2-11(26(23)24)13-12(10)14(21)16(18,19)15(13)22/h1-5,14-15,21-22,26H/t14-,15+/m1/s1. The Balaban J connectivity index is 2.18. The van der Waals surface area contributed by atoms with Crippen molar-refractivity contribution in [2.75, 3.05) is 0 Å². The fourth-order valence-electron chi connectivity index (χ4n) is 2.77. The Labute approximate surface area is 146 Å². The van der Waals surface area contributed by atoms with E-state index in [-0.39, 0.29) is 17.1 Å². The zero-order valence-electron chi connectivity index (χ0n) is 12.7. The van der Waals surface area contributed by atoms with Gasteiger partial charge in [-0.1, -0.05) is 0 Å². The summed E-state index contributed by atoms with van der Waals surface area (Å²) in [7, 11) is -3.33. The summed E-state index contributed by atoms with van der Waals surface area (Å²) in [6.45, 7) is 0. The van der Waals surface area contributed by atoms with Gasteiger partial charge in [-0.2, -0.15) is 5.26 Å². The van der Waals surface area contributed by atoms with Crippen LogP contribution in [0.15, 0.2) is 35.2 Å². The van der Waals surface area contributed by atoms with Gasteiger partial charge in [0.05, 0.1) is 16.5 Å². The van der Waals surface area contributed by atoms with Crippen LogP contribution in [0.25, 0.3) is 0 Å². The van der Waals surface area contributed by atoms with Gasteiger partial charge in [0.25, 0.3) is 0 Å². The average Bonchev–Trinajstić information content (AvgIpc) is 2.75. The van der Waals surface area contributed by atoms with E-state index in [2.05, 4.69) is 0 Å². The lowest BCUT2D eigenvalue weighted by atomic mass is 10.1. The molecular weight excluding hydrogens is 375 g/mol. The van der Waals surface area contributed by atoms with E-state index in [1.165, 1.54) is 0 Å². The lowest BCUT2D eigenvalue weighted by Crippen LogP contribution is -2.26. The molecule has 0 aliphatic heterocycles. The molecule has 0 fully saturated rings. The second-order valence-electron chi connectivity index (χ2n) is 5.54. The maximum atomic E-state index is 14.0. The Morgan fingerprint density at radius 2 is 1.77 bits per heavy atom. The second-order valence-corrected chi connectivity index (χ2v) is 6.53. The van der Waals surface area contributed by atoms with Gasteiger partial charge < -0.3 is 14.9 Å². The summed E-state index contributed by atoms with van der Waals surface area (Å²) in [5, 5.41) is 28.5. The predicted molar refractivity (Wildman–Crippen MR) is 81.1 cm³/mol. The van der Waals surface area contributed by atoms with E-state index < -0.39 is 50.7 Å². The number of halogens is 3. The Hall–Kier alpha value is -2.61. The molecule has 0 unspecified atom stereocenters. The van der Waals surface area contributed by atoms with E-state index in [0.29, 0.717) is 0 Å². The molecule has 0 bridgehead atoms. The molecule has 0 spiro atoms. The number of alkyl halides is 2. The quantitative estimate of drug-likeness (QED) is 0.699. The molecule has 2 aromatic carbocycles. The normalized spacial score (nSPS) is 20.7. The molecule has 0 radical (unpaired) electrons. The van der Waals surface area contributed by atoms with Gasteiger partial charge in [0, 0.05) is 17.2 Å². The third-order valence-corrected chi connectivity index (χ3v) is 4.71. The Bertz CT molecular complexity index is 1010. The minimum atomic E-state index is -4.04. The molecular formula is C16H10F3NO5S. The van der Waals surface area contributed by atoms with Gasteiger partial charge in [0.1, 0.15) is 29.5 Å². The van der Waals surface area contributed by atoms with Crippen LogP contribution in [0.5, 0.6) is 11.5 Å². The van der Waals surface area contributed by atoms with Crippen molar-refractivity contribution >= 4 is 10.7 Å². The third kappa shape index (κ3) is 2.80. The summed E-state index contributed by atoms with van der Waals surface area (Å²) < 4.78 is 69.4. The number of thiol groups is 1. The van der Waals surface area contributed by atoms with Gasteiger partial charge in [-0.05, 0) is 24.3 Å². The highest BCUT2D eigenvalue weighted by Gasteiger charge is 2.57. The summed E-state index contributed by atoms with van der Waals surface area (Å²) >= 11 is 0. The van der Waals surface area contributed by atoms with Crippen LogP contribution in [-0.2, 0) is 10.7 Å². The highest BCUT2D eigenvalue weighted by atomic mass is 32.2. The Morgan fingerprint density at radius 3 is 2.38 bits per heavy atom. The van der Waals surface area contributed by atoms with Crippen LogP contribution < -0.4 is 4.74 Å². The maximum Gasteiger partial charge on any atom is 0.307 e. The van der Waals surface area contributed by atoms with E-state index in [9.17, 15) is 31.8 Å². The third-order valence-electron chi connectivity index (χ3n) is 3.93. The van der Waals surface area contributed by atoms with Gasteiger partial charge in [-0.3, -0.25) is 0 Å². The van der Waals surface area contributed by atoms with Crippen molar-refractivity contribution in [3.8, 4) is 17.6 Å². The average molecular weight is 385 g/mol. The summed E-state index contributed by atoms with van der Waals surface area (Å²) in [6.07, 6.45) is -5.08. The number of rotatable bonds is 3. The van der Waals surface area contributed by atoms with Crippen LogP contribution in [0.2, 0.25) is 0 Å². The molecule has 26 heavy (non-hydrogen) atoms. The first kappa shape index (κ1) is 18.2. The fraction of sp³-hybridized carbons (Fsp3) is 0.188. The molecule has 136 valence electrons. The minimum absolute atomic E-state index is 0.0955. The first-order chi connectivity index (χ1) is 12.2. The van der Waals surface area contributed by atoms with Crippen molar-refractivity contribution in [3.63, 3.8) is 0 Å². The molecule has 1 aliphatic rings. The Kier molecular flexibility index (Phi) is 4.39. The zero-order chi connectivity index (χ0) is 19.2. The van der Waals surface area contributed by atoms with Crippen molar-refractivity contribution < 1.29 is 36.5 Å². The number of aliphatic hydroxyl groups excluding tert-OH is 2.